The van der Waals surface area contributed by atoms with Gasteiger partial charge in [-0.1, -0.05) is 54.2 Å². The molecule has 0 aliphatic carbocycles. The van der Waals surface area contributed by atoms with Crippen LogP contribution in [0.5, 0.6) is 0 Å². The van der Waals surface area contributed by atoms with Gasteiger partial charge >= 0.3 is 0 Å². The number of carbonyl (C=O) groups excluding carboxylic acids is 1. The first-order valence-corrected chi connectivity index (χ1v) is 10.2. The molecule has 0 fully saturated rings. The Morgan fingerprint density at radius 2 is 1.85 bits per heavy atom. The number of hydrogen-bond donors (Lipinski definition) is 1. The molecule has 0 atom stereocenters. The quantitative estimate of drug-likeness (QED) is 0.654. The lowest BCUT2D eigenvalue weighted by Crippen LogP contribution is -2.41. The van der Waals surface area contributed by atoms with Crippen LogP contribution in [-0.4, -0.2) is 32.0 Å². The Labute approximate surface area is 164 Å². The van der Waals surface area contributed by atoms with Crippen molar-refractivity contribution in [3.05, 3.63) is 53.9 Å². The number of amides is 1. The van der Waals surface area contributed by atoms with Gasteiger partial charge in [0.1, 0.15) is 5.82 Å². The van der Waals surface area contributed by atoms with Crippen LogP contribution < -0.4 is 5.32 Å². The van der Waals surface area contributed by atoms with Crippen molar-refractivity contribution in [2.45, 2.75) is 51.4 Å². The molecule has 5 nitrogen and oxygen atoms in total. The zero-order chi connectivity index (χ0) is 19.4. The molecule has 0 aliphatic heterocycles. The molecule has 1 aromatic heterocycles. The van der Waals surface area contributed by atoms with E-state index in [9.17, 15) is 4.79 Å². The molecule has 6 heteroatoms. The molecule has 1 heterocycles. The summed E-state index contributed by atoms with van der Waals surface area (Å²) in [6.45, 7) is 8.79. The molecule has 0 bridgehead atoms. The molecule has 27 heavy (non-hydrogen) atoms. The van der Waals surface area contributed by atoms with E-state index in [0.29, 0.717) is 5.75 Å². The van der Waals surface area contributed by atoms with Crippen LogP contribution in [0.4, 0.5) is 0 Å². The zero-order valence-corrected chi connectivity index (χ0v) is 17.1. The van der Waals surface area contributed by atoms with Crippen LogP contribution >= 0.6 is 11.8 Å². The second kappa shape index (κ2) is 8.13. The first-order chi connectivity index (χ1) is 12.9. The van der Waals surface area contributed by atoms with Crippen LogP contribution in [0, 0.1) is 0 Å². The lowest BCUT2D eigenvalue weighted by Gasteiger charge is -2.20. The summed E-state index contributed by atoms with van der Waals surface area (Å²) in [6, 6.07) is 14.7. The fourth-order valence-corrected chi connectivity index (χ4v) is 3.90. The highest BCUT2D eigenvalue weighted by Gasteiger charge is 2.17. The van der Waals surface area contributed by atoms with Crippen LogP contribution in [-0.2, 0) is 17.8 Å². The number of hydrogen-bond acceptors (Lipinski definition) is 4. The van der Waals surface area contributed by atoms with Crippen molar-refractivity contribution in [3.63, 3.8) is 0 Å². The molecule has 1 N–H and O–H groups in total. The number of carbonyl (C=O) groups is 1. The van der Waals surface area contributed by atoms with Crippen LogP contribution in [0.2, 0.25) is 0 Å². The third-order valence-electron chi connectivity index (χ3n) is 4.18. The van der Waals surface area contributed by atoms with Crippen LogP contribution in [0.1, 0.15) is 39.1 Å². The molecular weight excluding hydrogens is 356 g/mol. The average molecular weight is 383 g/mol. The standard InChI is InChI=1S/C21H26N4OS/c1-5-25-18(13-16-11-8-10-15-9-6-7-12-17(15)16)23-24-20(25)27-14-19(26)22-21(2,3)4/h6-12H,5,13-14H2,1-4H3,(H,22,26). The van der Waals surface area contributed by atoms with Gasteiger partial charge in [-0.25, -0.2) is 0 Å². The van der Waals surface area contributed by atoms with Crippen molar-refractivity contribution in [2.75, 3.05) is 5.75 Å². The van der Waals surface area contributed by atoms with E-state index in [2.05, 4.69) is 69.5 Å². The van der Waals surface area contributed by atoms with Crippen LogP contribution in [0.15, 0.2) is 47.6 Å². The van der Waals surface area contributed by atoms with Gasteiger partial charge in [0.25, 0.3) is 0 Å². The van der Waals surface area contributed by atoms with Crippen LogP contribution in [0.3, 0.4) is 0 Å². The number of nitrogens with one attached hydrogen (secondary N) is 1. The molecule has 3 rings (SSSR count). The lowest BCUT2D eigenvalue weighted by atomic mass is 10.0. The fraction of sp³-hybridized carbons (Fsp3) is 0.381. The Morgan fingerprint density at radius 3 is 2.59 bits per heavy atom. The molecule has 0 aliphatic rings. The van der Waals surface area contributed by atoms with E-state index in [1.165, 1.54) is 28.1 Å². The Kier molecular flexibility index (Phi) is 5.85. The van der Waals surface area contributed by atoms with Gasteiger partial charge in [-0.2, -0.15) is 0 Å². The highest BCUT2D eigenvalue weighted by atomic mass is 32.2. The molecule has 0 spiro atoms. The molecule has 0 radical (unpaired) electrons. The van der Waals surface area contributed by atoms with E-state index in [0.717, 1.165) is 23.9 Å². The molecule has 142 valence electrons. The zero-order valence-electron chi connectivity index (χ0n) is 16.3. The normalized spacial score (nSPS) is 11.7. The molecular formula is C21H26N4OS. The Hall–Kier alpha value is -2.34. The minimum absolute atomic E-state index is 0.00811. The minimum atomic E-state index is -0.227. The first-order valence-electron chi connectivity index (χ1n) is 9.20. The van der Waals surface area contributed by atoms with E-state index >= 15 is 0 Å². The van der Waals surface area contributed by atoms with Gasteiger partial charge in [0.05, 0.1) is 5.75 Å². The summed E-state index contributed by atoms with van der Waals surface area (Å²) in [5.74, 6) is 1.27. The highest BCUT2D eigenvalue weighted by molar-refractivity contribution is 7.99. The minimum Gasteiger partial charge on any atom is -0.351 e. The summed E-state index contributed by atoms with van der Waals surface area (Å²) < 4.78 is 2.09. The van der Waals surface area contributed by atoms with Gasteiger partial charge < -0.3 is 9.88 Å². The second-order valence-corrected chi connectivity index (χ2v) is 8.49. The average Bonchev–Trinajstić information content (AvgIpc) is 3.00. The van der Waals surface area contributed by atoms with Gasteiger partial charge in [0.15, 0.2) is 5.16 Å². The van der Waals surface area contributed by atoms with Gasteiger partial charge in [0, 0.05) is 18.5 Å². The number of thioether (sulfide) groups is 1. The molecule has 0 unspecified atom stereocenters. The van der Waals surface area contributed by atoms with Crippen molar-refractivity contribution < 1.29 is 4.79 Å². The number of benzene rings is 2. The number of nitrogens with zero attached hydrogens (tertiary/aromatic N) is 3. The molecule has 3 aromatic rings. The Balaban J connectivity index is 1.77. The monoisotopic (exact) mass is 382 g/mol. The summed E-state index contributed by atoms with van der Waals surface area (Å²) in [5, 5.41) is 15.0. The van der Waals surface area contributed by atoms with Crippen molar-refractivity contribution in [3.8, 4) is 0 Å². The maximum atomic E-state index is 12.1. The Bertz CT molecular complexity index is 937. The molecule has 0 saturated carbocycles. The molecule has 1 amide bonds. The summed E-state index contributed by atoms with van der Waals surface area (Å²) >= 11 is 1.43. The topological polar surface area (TPSA) is 59.8 Å². The molecule has 2 aromatic carbocycles. The highest BCUT2D eigenvalue weighted by Crippen LogP contribution is 2.23. The molecule has 0 saturated heterocycles. The van der Waals surface area contributed by atoms with Crippen LogP contribution in [0.25, 0.3) is 10.8 Å². The van der Waals surface area contributed by atoms with Crippen molar-refractivity contribution >= 4 is 28.4 Å². The van der Waals surface area contributed by atoms with Crippen molar-refractivity contribution in [2.24, 2.45) is 0 Å². The van der Waals surface area contributed by atoms with E-state index in [-0.39, 0.29) is 11.4 Å². The van der Waals surface area contributed by atoms with Crippen molar-refractivity contribution in [1.82, 2.24) is 20.1 Å². The first kappa shape index (κ1) is 19.4. The second-order valence-electron chi connectivity index (χ2n) is 7.54. The van der Waals surface area contributed by atoms with E-state index in [4.69, 9.17) is 0 Å². The van der Waals surface area contributed by atoms with Gasteiger partial charge in [0.2, 0.25) is 5.91 Å². The fourth-order valence-electron chi connectivity index (χ4n) is 3.08. The van der Waals surface area contributed by atoms with Gasteiger partial charge in [-0.3, -0.25) is 4.79 Å². The number of rotatable bonds is 6. The van der Waals surface area contributed by atoms with E-state index < -0.39 is 0 Å². The largest absolute Gasteiger partial charge is 0.351 e. The summed E-state index contributed by atoms with van der Waals surface area (Å²) in [7, 11) is 0. The predicted molar refractivity (Wildman–Crippen MR) is 111 cm³/mol. The van der Waals surface area contributed by atoms with Gasteiger partial charge in [-0.15, -0.1) is 10.2 Å². The third-order valence-corrected chi connectivity index (χ3v) is 5.15. The third kappa shape index (κ3) is 4.89. The lowest BCUT2D eigenvalue weighted by molar-refractivity contribution is -0.119. The predicted octanol–water partition coefficient (Wildman–Crippen LogP) is 4.05. The van der Waals surface area contributed by atoms with Crippen molar-refractivity contribution in [1.29, 1.82) is 0 Å². The summed E-state index contributed by atoms with van der Waals surface area (Å²) in [6.07, 6.45) is 0.719. The van der Waals surface area contributed by atoms with E-state index in [1.807, 2.05) is 20.8 Å². The number of aromatic nitrogens is 3. The summed E-state index contributed by atoms with van der Waals surface area (Å²) in [5.41, 5.74) is 1.01. The van der Waals surface area contributed by atoms with Gasteiger partial charge in [-0.05, 0) is 44.0 Å². The number of fused-ring (bicyclic) bond motifs is 1. The van der Waals surface area contributed by atoms with E-state index in [1.54, 1.807) is 0 Å². The summed E-state index contributed by atoms with van der Waals surface area (Å²) in [4.78, 5) is 12.1. The smallest absolute Gasteiger partial charge is 0.230 e. The maximum absolute atomic E-state index is 12.1. The maximum Gasteiger partial charge on any atom is 0.230 e. The Morgan fingerprint density at radius 1 is 1.11 bits per heavy atom. The SMILES string of the molecule is CCn1c(Cc2cccc3ccccc23)nnc1SCC(=O)NC(C)(C)C.